The highest BCUT2D eigenvalue weighted by molar-refractivity contribution is 7.92. The van der Waals surface area contributed by atoms with E-state index in [0.717, 1.165) is 6.26 Å². The molecular weight excluding hydrogens is 383 g/mol. The number of sulfonamides is 1. The number of halogens is 1. The predicted molar refractivity (Wildman–Crippen MR) is 106 cm³/mol. The summed E-state index contributed by atoms with van der Waals surface area (Å²) in [4.78, 5) is 12.3. The van der Waals surface area contributed by atoms with Gasteiger partial charge in [-0.05, 0) is 48.5 Å². The molecule has 0 aliphatic rings. The third-order valence-electron chi connectivity index (χ3n) is 3.61. The van der Waals surface area contributed by atoms with Crippen molar-refractivity contribution >= 4 is 27.3 Å². The summed E-state index contributed by atoms with van der Waals surface area (Å²) < 4.78 is 44.4. The molecule has 0 aliphatic heterocycles. The molecule has 0 heterocycles. The zero-order valence-electron chi connectivity index (χ0n) is 14.8. The van der Waals surface area contributed by atoms with Gasteiger partial charge in [-0.3, -0.25) is 9.52 Å². The van der Waals surface area contributed by atoms with Crippen LogP contribution in [0.5, 0.6) is 11.5 Å². The van der Waals surface area contributed by atoms with Crippen molar-refractivity contribution in [1.82, 2.24) is 0 Å². The van der Waals surface area contributed by atoms with Gasteiger partial charge in [0.25, 0.3) is 5.91 Å². The van der Waals surface area contributed by atoms with Gasteiger partial charge in [-0.25, -0.2) is 12.8 Å². The minimum absolute atomic E-state index is 0.216. The Balaban J connectivity index is 1.88. The standard InChI is InChI=1S/C20H17FN2O4S/c1-28(25,26)23-18-12-11-16(13-19(18)27-17-5-3-2-4-6-17)22-20(24)14-7-9-15(21)10-8-14/h2-13,23H,1H3,(H,22,24). The van der Waals surface area contributed by atoms with Crippen LogP contribution < -0.4 is 14.8 Å². The summed E-state index contributed by atoms with van der Waals surface area (Å²) in [5, 5.41) is 2.68. The van der Waals surface area contributed by atoms with Gasteiger partial charge in [0.05, 0.1) is 11.9 Å². The number of benzene rings is 3. The fourth-order valence-corrected chi connectivity index (χ4v) is 2.96. The third kappa shape index (κ3) is 5.31. The molecule has 0 saturated heterocycles. The molecule has 6 nitrogen and oxygen atoms in total. The second-order valence-electron chi connectivity index (χ2n) is 5.96. The molecule has 3 aromatic carbocycles. The Bertz CT molecular complexity index is 1080. The highest BCUT2D eigenvalue weighted by atomic mass is 32.2. The van der Waals surface area contributed by atoms with E-state index in [1.54, 1.807) is 24.3 Å². The number of hydrogen-bond acceptors (Lipinski definition) is 4. The van der Waals surface area contributed by atoms with E-state index in [1.165, 1.54) is 42.5 Å². The molecule has 0 atom stereocenters. The normalized spacial score (nSPS) is 10.9. The van der Waals surface area contributed by atoms with Crippen LogP contribution in [0.2, 0.25) is 0 Å². The number of anilines is 2. The molecule has 144 valence electrons. The number of para-hydroxylation sites is 1. The Kier molecular flexibility index (Phi) is 5.60. The third-order valence-corrected chi connectivity index (χ3v) is 4.20. The van der Waals surface area contributed by atoms with Gasteiger partial charge < -0.3 is 10.1 Å². The van der Waals surface area contributed by atoms with Gasteiger partial charge in [-0.15, -0.1) is 0 Å². The summed E-state index contributed by atoms with van der Waals surface area (Å²) in [5.41, 5.74) is 0.899. The summed E-state index contributed by atoms with van der Waals surface area (Å²) >= 11 is 0. The molecule has 2 N–H and O–H groups in total. The minimum Gasteiger partial charge on any atom is -0.455 e. The topological polar surface area (TPSA) is 84.5 Å². The number of rotatable bonds is 6. The Hall–Kier alpha value is -3.39. The second kappa shape index (κ2) is 8.10. The molecule has 0 fully saturated rings. The first-order chi connectivity index (χ1) is 13.3. The van der Waals surface area contributed by atoms with Crippen molar-refractivity contribution in [2.75, 3.05) is 16.3 Å². The molecule has 3 aromatic rings. The van der Waals surface area contributed by atoms with Crippen LogP contribution in [0.4, 0.5) is 15.8 Å². The number of hydrogen-bond donors (Lipinski definition) is 2. The van der Waals surface area contributed by atoms with E-state index in [-0.39, 0.29) is 17.0 Å². The first kappa shape index (κ1) is 19.4. The maximum Gasteiger partial charge on any atom is 0.255 e. The molecule has 1 amide bonds. The van der Waals surface area contributed by atoms with Gasteiger partial charge in [-0.2, -0.15) is 0 Å². The smallest absolute Gasteiger partial charge is 0.255 e. The predicted octanol–water partition coefficient (Wildman–Crippen LogP) is 4.24. The number of nitrogens with one attached hydrogen (secondary N) is 2. The molecule has 0 unspecified atom stereocenters. The molecular formula is C20H17FN2O4S. The molecule has 0 radical (unpaired) electrons. The minimum atomic E-state index is -3.53. The zero-order valence-corrected chi connectivity index (χ0v) is 15.7. The Labute approximate surface area is 162 Å². The van der Waals surface area contributed by atoms with Gasteiger partial charge in [0.15, 0.2) is 5.75 Å². The van der Waals surface area contributed by atoms with Crippen molar-refractivity contribution in [2.24, 2.45) is 0 Å². The van der Waals surface area contributed by atoms with E-state index in [1.807, 2.05) is 6.07 Å². The fourth-order valence-electron chi connectivity index (χ4n) is 2.39. The fraction of sp³-hybridized carbons (Fsp3) is 0.0500. The lowest BCUT2D eigenvalue weighted by Crippen LogP contribution is -2.13. The molecule has 0 spiro atoms. The second-order valence-corrected chi connectivity index (χ2v) is 7.71. The average molecular weight is 400 g/mol. The van der Waals surface area contributed by atoms with Crippen molar-refractivity contribution in [3.63, 3.8) is 0 Å². The van der Waals surface area contributed by atoms with E-state index < -0.39 is 21.7 Å². The van der Waals surface area contributed by atoms with Gasteiger partial charge in [0.2, 0.25) is 10.0 Å². The average Bonchev–Trinajstić information content (AvgIpc) is 2.64. The highest BCUT2D eigenvalue weighted by Crippen LogP contribution is 2.33. The SMILES string of the molecule is CS(=O)(=O)Nc1ccc(NC(=O)c2ccc(F)cc2)cc1Oc1ccccc1. The quantitative estimate of drug-likeness (QED) is 0.648. The summed E-state index contributed by atoms with van der Waals surface area (Å²) in [6, 6.07) is 18.4. The van der Waals surface area contributed by atoms with Gasteiger partial charge in [0.1, 0.15) is 11.6 Å². The molecule has 0 bridgehead atoms. The summed E-state index contributed by atoms with van der Waals surface area (Å²) in [5.74, 6) is -0.157. The van der Waals surface area contributed by atoms with Crippen molar-refractivity contribution in [1.29, 1.82) is 0 Å². The van der Waals surface area contributed by atoms with E-state index >= 15 is 0 Å². The lowest BCUT2D eigenvalue weighted by Gasteiger charge is -2.14. The van der Waals surface area contributed by atoms with E-state index in [9.17, 15) is 17.6 Å². The van der Waals surface area contributed by atoms with Crippen LogP contribution in [0.25, 0.3) is 0 Å². The van der Waals surface area contributed by atoms with Crippen molar-refractivity contribution in [3.8, 4) is 11.5 Å². The zero-order chi connectivity index (χ0) is 20.1. The lowest BCUT2D eigenvalue weighted by atomic mass is 10.2. The van der Waals surface area contributed by atoms with Gasteiger partial charge in [0, 0.05) is 17.3 Å². The number of ether oxygens (including phenoxy) is 1. The molecule has 0 aliphatic carbocycles. The Morgan fingerprint density at radius 3 is 2.29 bits per heavy atom. The van der Waals surface area contributed by atoms with E-state index in [2.05, 4.69) is 10.0 Å². The van der Waals surface area contributed by atoms with Crippen molar-refractivity contribution in [2.45, 2.75) is 0 Å². The van der Waals surface area contributed by atoms with Gasteiger partial charge in [-0.1, -0.05) is 18.2 Å². The van der Waals surface area contributed by atoms with Crippen LogP contribution in [-0.4, -0.2) is 20.6 Å². The Morgan fingerprint density at radius 2 is 1.64 bits per heavy atom. The van der Waals surface area contributed by atoms with Crippen LogP contribution >= 0.6 is 0 Å². The largest absolute Gasteiger partial charge is 0.455 e. The molecule has 0 aromatic heterocycles. The maximum absolute atomic E-state index is 13.0. The maximum atomic E-state index is 13.0. The summed E-state index contributed by atoms with van der Waals surface area (Å²) in [6.45, 7) is 0. The highest BCUT2D eigenvalue weighted by Gasteiger charge is 2.13. The van der Waals surface area contributed by atoms with Crippen LogP contribution in [0.15, 0.2) is 72.8 Å². The van der Waals surface area contributed by atoms with E-state index in [0.29, 0.717) is 11.4 Å². The number of carbonyl (C=O) groups is 1. The molecule has 28 heavy (non-hydrogen) atoms. The molecule has 3 rings (SSSR count). The first-order valence-electron chi connectivity index (χ1n) is 8.22. The van der Waals surface area contributed by atoms with Crippen molar-refractivity contribution in [3.05, 3.63) is 84.2 Å². The monoisotopic (exact) mass is 400 g/mol. The summed E-state index contributed by atoms with van der Waals surface area (Å²) in [7, 11) is -3.53. The number of carbonyl (C=O) groups excluding carboxylic acids is 1. The van der Waals surface area contributed by atoms with Crippen LogP contribution in [0, 0.1) is 5.82 Å². The molecule has 8 heteroatoms. The van der Waals surface area contributed by atoms with Crippen LogP contribution in [0.3, 0.4) is 0 Å². The first-order valence-corrected chi connectivity index (χ1v) is 10.1. The van der Waals surface area contributed by atoms with Crippen LogP contribution in [-0.2, 0) is 10.0 Å². The summed E-state index contributed by atoms with van der Waals surface area (Å²) in [6.07, 6.45) is 1.03. The number of amides is 1. The lowest BCUT2D eigenvalue weighted by molar-refractivity contribution is 0.102. The van der Waals surface area contributed by atoms with Gasteiger partial charge >= 0.3 is 0 Å². The van der Waals surface area contributed by atoms with E-state index in [4.69, 9.17) is 4.74 Å². The Morgan fingerprint density at radius 1 is 0.964 bits per heavy atom. The van der Waals surface area contributed by atoms with Crippen LogP contribution in [0.1, 0.15) is 10.4 Å². The molecule has 0 saturated carbocycles. The van der Waals surface area contributed by atoms with Crippen molar-refractivity contribution < 1.29 is 22.3 Å².